The summed E-state index contributed by atoms with van der Waals surface area (Å²) in [6.45, 7) is 3.43. The van der Waals surface area contributed by atoms with Gasteiger partial charge in [-0.2, -0.15) is 0 Å². The molecule has 0 aromatic heterocycles. The fourth-order valence-corrected chi connectivity index (χ4v) is 2.06. The van der Waals surface area contributed by atoms with Gasteiger partial charge in [0, 0.05) is 22.8 Å². The summed E-state index contributed by atoms with van der Waals surface area (Å²) in [7, 11) is 0. The van der Waals surface area contributed by atoms with Crippen molar-refractivity contribution in [2.45, 2.75) is 26.4 Å². The molecule has 0 heterocycles. The van der Waals surface area contributed by atoms with Crippen molar-refractivity contribution in [3.63, 3.8) is 0 Å². The minimum absolute atomic E-state index is 0.0853. The first kappa shape index (κ1) is 17.8. The number of rotatable bonds is 6. The molecule has 2 rings (SSSR count). The largest absolute Gasteiger partial charge is 0.481 e. The van der Waals surface area contributed by atoms with Gasteiger partial charge in [0.05, 0.1) is 0 Å². The van der Waals surface area contributed by atoms with Gasteiger partial charge >= 0.3 is 0 Å². The van der Waals surface area contributed by atoms with E-state index in [2.05, 4.69) is 10.6 Å². The van der Waals surface area contributed by atoms with Crippen LogP contribution in [0.2, 0.25) is 5.02 Å². The van der Waals surface area contributed by atoms with E-state index in [1.54, 1.807) is 62.4 Å². The van der Waals surface area contributed by atoms with Gasteiger partial charge in [0.1, 0.15) is 5.75 Å². The zero-order valence-electron chi connectivity index (χ0n) is 13.5. The van der Waals surface area contributed by atoms with Crippen LogP contribution in [0.3, 0.4) is 0 Å². The highest BCUT2D eigenvalue weighted by Crippen LogP contribution is 2.18. The van der Waals surface area contributed by atoms with E-state index < -0.39 is 6.10 Å². The summed E-state index contributed by atoms with van der Waals surface area (Å²) >= 11 is 5.81. The van der Waals surface area contributed by atoms with Crippen LogP contribution in [0.25, 0.3) is 0 Å². The Labute approximate surface area is 146 Å². The molecule has 6 heteroatoms. The third-order valence-electron chi connectivity index (χ3n) is 3.23. The van der Waals surface area contributed by atoms with Gasteiger partial charge in [0.2, 0.25) is 5.91 Å². The van der Waals surface area contributed by atoms with Crippen molar-refractivity contribution >= 4 is 34.8 Å². The molecule has 0 unspecified atom stereocenters. The molecular formula is C18H19ClN2O3. The third kappa shape index (κ3) is 5.28. The normalized spacial score (nSPS) is 11.5. The van der Waals surface area contributed by atoms with Gasteiger partial charge in [-0.15, -0.1) is 0 Å². The number of ether oxygens (including phenoxy) is 1. The summed E-state index contributed by atoms with van der Waals surface area (Å²) in [4.78, 5) is 23.6. The molecule has 0 aliphatic rings. The number of amides is 2. The molecule has 0 fully saturated rings. The second-order valence-electron chi connectivity index (χ2n) is 5.19. The maximum Gasteiger partial charge on any atom is 0.265 e. The van der Waals surface area contributed by atoms with E-state index in [-0.39, 0.29) is 11.8 Å². The van der Waals surface area contributed by atoms with Gasteiger partial charge in [-0.05, 0) is 49.4 Å². The number of benzene rings is 2. The number of nitrogens with one attached hydrogen (secondary N) is 2. The first-order valence-electron chi connectivity index (χ1n) is 7.61. The molecule has 1 atom stereocenters. The minimum atomic E-state index is -0.680. The lowest BCUT2D eigenvalue weighted by molar-refractivity contribution is -0.122. The highest BCUT2D eigenvalue weighted by Gasteiger charge is 2.15. The monoisotopic (exact) mass is 346 g/mol. The number of hydrogen-bond donors (Lipinski definition) is 2. The van der Waals surface area contributed by atoms with Gasteiger partial charge < -0.3 is 15.4 Å². The Morgan fingerprint density at radius 2 is 1.71 bits per heavy atom. The van der Waals surface area contributed by atoms with E-state index in [9.17, 15) is 9.59 Å². The van der Waals surface area contributed by atoms with Crippen LogP contribution in [-0.4, -0.2) is 17.9 Å². The number of halogens is 1. The molecule has 24 heavy (non-hydrogen) atoms. The summed E-state index contributed by atoms with van der Waals surface area (Å²) in [6, 6.07) is 13.8. The fraction of sp³-hybridized carbons (Fsp3) is 0.222. The van der Waals surface area contributed by atoms with Crippen molar-refractivity contribution in [1.29, 1.82) is 0 Å². The Morgan fingerprint density at radius 3 is 2.33 bits per heavy atom. The zero-order valence-corrected chi connectivity index (χ0v) is 14.3. The van der Waals surface area contributed by atoms with Crippen molar-refractivity contribution in [1.82, 2.24) is 0 Å². The summed E-state index contributed by atoms with van der Waals surface area (Å²) in [5, 5.41) is 6.11. The summed E-state index contributed by atoms with van der Waals surface area (Å²) in [5.41, 5.74) is 1.21. The number of carbonyl (C=O) groups is 2. The smallest absolute Gasteiger partial charge is 0.265 e. The lowest BCUT2D eigenvalue weighted by atomic mass is 10.2. The number of anilines is 2. The van der Waals surface area contributed by atoms with Crippen LogP contribution in [0.5, 0.6) is 5.75 Å². The van der Waals surface area contributed by atoms with Crippen LogP contribution in [0.1, 0.15) is 20.3 Å². The van der Waals surface area contributed by atoms with Crippen LogP contribution in [0.15, 0.2) is 48.5 Å². The lowest BCUT2D eigenvalue weighted by Gasteiger charge is -2.15. The SMILES string of the molecule is CCC(=O)Nc1cccc(NC(=O)[C@@H](C)Oc2ccc(Cl)cc2)c1. The van der Waals surface area contributed by atoms with E-state index in [0.717, 1.165) is 0 Å². The van der Waals surface area contributed by atoms with Crippen LogP contribution >= 0.6 is 11.6 Å². The highest BCUT2D eigenvalue weighted by molar-refractivity contribution is 6.30. The molecule has 0 radical (unpaired) electrons. The third-order valence-corrected chi connectivity index (χ3v) is 3.48. The van der Waals surface area contributed by atoms with Gasteiger partial charge in [-0.1, -0.05) is 24.6 Å². The highest BCUT2D eigenvalue weighted by atomic mass is 35.5. The fourth-order valence-electron chi connectivity index (χ4n) is 1.94. The summed E-state index contributed by atoms with van der Waals surface area (Å²) in [6.07, 6.45) is -0.289. The predicted molar refractivity (Wildman–Crippen MR) is 95.5 cm³/mol. The van der Waals surface area contributed by atoms with Crippen molar-refractivity contribution in [2.75, 3.05) is 10.6 Å². The number of carbonyl (C=O) groups excluding carboxylic acids is 2. The van der Waals surface area contributed by atoms with Gasteiger partial charge in [0.25, 0.3) is 5.91 Å². The molecule has 0 saturated carbocycles. The average Bonchev–Trinajstić information content (AvgIpc) is 2.57. The van der Waals surface area contributed by atoms with Gasteiger partial charge in [-0.3, -0.25) is 9.59 Å². The van der Waals surface area contributed by atoms with Gasteiger partial charge in [0.15, 0.2) is 6.10 Å². The molecule has 2 aromatic carbocycles. The topological polar surface area (TPSA) is 67.4 Å². The predicted octanol–water partition coefficient (Wildman–Crippen LogP) is 4.09. The first-order valence-corrected chi connectivity index (χ1v) is 7.98. The van der Waals surface area contributed by atoms with Crippen molar-refractivity contribution in [2.24, 2.45) is 0 Å². The Kier molecular flexibility index (Phi) is 6.21. The molecule has 0 bridgehead atoms. The molecule has 5 nitrogen and oxygen atoms in total. The summed E-state index contributed by atoms with van der Waals surface area (Å²) in [5.74, 6) is 0.188. The van der Waals surface area contributed by atoms with Crippen LogP contribution in [-0.2, 0) is 9.59 Å². The lowest BCUT2D eigenvalue weighted by Crippen LogP contribution is -2.30. The second-order valence-corrected chi connectivity index (χ2v) is 5.62. The average molecular weight is 347 g/mol. The molecule has 0 saturated heterocycles. The Hall–Kier alpha value is -2.53. The van der Waals surface area contributed by atoms with Crippen molar-refractivity contribution < 1.29 is 14.3 Å². The quantitative estimate of drug-likeness (QED) is 0.827. The second kappa shape index (κ2) is 8.36. The van der Waals surface area contributed by atoms with E-state index in [1.165, 1.54) is 0 Å². The van der Waals surface area contributed by atoms with E-state index >= 15 is 0 Å². The molecule has 0 spiro atoms. The van der Waals surface area contributed by atoms with Crippen molar-refractivity contribution in [3.05, 3.63) is 53.6 Å². The van der Waals surface area contributed by atoms with E-state index in [4.69, 9.17) is 16.3 Å². The molecule has 126 valence electrons. The molecule has 2 aromatic rings. The summed E-state index contributed by atoms with van der Waals surface area (Å²) < 4.78 is 5.58. The van der Waals surface area contributed by atoms with E-state index in [0.29, 0.717) is 28.6 Å². The number of hydrogen-bond acceptors (Lipinski definition) is 3. The molecule has 2 N–H and O–H groups in total. The minimum Gasteiger partial charge on any atom is -0.481 e. The molecular weight excluding hydrogens is 328 g/mol. The zero-order chi connectivity index (χ0) is 17.5. The van der Waals surface area contributed by atoms with Crippen LogP contribution in [0.4, 0.5) is 11.4 Å². The van der Waals surface area contributed by atoms with E-state index in [1.807, 2.05) is 0 Å². The molecule has 0 aliphatic heterocycles. The van der Waals surface area contributed by atoms with Crippen LogP contribution < -0.4 is 15.4 Å². The Balaban J connectivity index is 1.96. The Morgan fingerprint density at radius 1 is 1.08 bits per heavy atom. The standard InChI is InChI=1S/C18H19ClN2O3/c1-3-17(22)20-14-5-4-6-15(11-14)21-18(23)12(2)24-16-9-7-13(19)8-10-16/h4-12H,3H2,1-2H3,(H,20,22)(H,21,23)/t12-/m1/s1. The Bertz CT molecular complexity index is 716. The maximum absolute atomic E-state index is 12.2. The first-order chi connectivity index (χ1) is 11.5. The van der Waals surface area contributed by atoms with Crippen LogP contribution in [0, 0.1) is 0 Å². The molecule has 2 amide bonds. The molecule has 0 aliphatic carbocycles. The maximum atomic E-state index is 12.2. The van der Waals surface area contributed by atoms with Crippen molar-refractivity contribution in [3.8, 4) is 5.75 Å². The van der Waals surface area contributed by atoms with Gasteiger partial charge in [-0.25, -0.2) is 0 Å².